The SMILES string of the molecule is Cc1cccc(NC(=O)CCCn2cc(CO)nn2)c1. The number of rotatable bonds is 6. The first-order chi connectivity index (χ1) is 9.67. The van der Waals surface area contributed by atoms with Crippen molar-refractivity contribution in [3.05, 3.63) is 41.7 Å². The minimum atomic E-state index is -0.117. The van der Waals surface area contributed by atoms with Crippen molar-refractivity contribution >= 4 is 11.6 Å². The molecule has 0 saturated heterocycles. The smallest absolute Gasteiger partial charge is 0.224 e. The van der Waals surface area contributed by atoms with Gasteiger partial charge in [0.05, 0.1) is 12.8 Å². The summed E-state index contributed by atoms with van der Waals surface area (Å²) in [6, 6.07) is 7.70. The molecule has 0 fully saturated rings. The van der Waals surface area contributed by atoms with Crippen molar-refractivity contribution in [2.24, 2.45) is 0 Å². The van der Waals surface area contributed by atoms with E-state index < -0.39 is 0 Å². The largest absolute Gasteiger partial charge is 0.390 e. The van der Waals surface area contributed by atoms with Crippen molar-refractivity contribution in [3.8, 4) is 0 Å². The Labute approximate surface area is 117 Å². The highest BCUT2D eigenvalue weighted by molar-refractivity contribution is 5.90. The lowest BCUT2D eigenvalue weighted by molar-refractivity contribution is -0.116. The molecule has 1 aromatic carbocycles. The maximum absolute atomic E-state index is 11.8. The van der Waals surface area contributed by atoms with E-state index in [1.807, 2.05) is 31.2 Å². The van der Waals surface area contributed by atoms with Crippen LogP contribution in [-0.4, -0.2) is 26.0 Å². The molecule has 0 aliphatic carbocycles. The number of aliphatic hydroxyl groups is 1. The summed E-state index contributed by atoms with van der Waals surface area (Å²) in [5.41, 5.74) is 2.47. The van der Waals surface area contributed by atoms with E-state index in [0.717, 1.165) is 11.3 Å². The first-order valence-corrected chi connectivity index (χ1v) is 6.54. The third-order valence-corrected chi connectivity index (χ3v) is 2.84. The number of carbonyl (C=O) groups is 1. The molecule has 1 heterocycles. The Kier molecular flexibility index (Phi) is 4.84. The van der Waals surface area contributed by atoms with Gasteiger partial charge in [0.2, 0.25) is 5.91 Å². The van der Waals surface area contributed by atoms with Gasteiger partial charge in [-0.2, -0.15) is 0 Å². The van der Waals surface area contributed by atoms with Crippen LogP contribution >= 0.6 is 0 Å². The zero-order valence-corrected chi connectivity index (χ0v) is 11.4. The van der Waals surface area contributed by atoms with Gasteiger partial charge in [-0.3, -0.25) is 9.48 Å². The van der Waals surface area contributed by atoms with Crippen LogP contribution in [0.4, 0.5) is 5.69 Å². The lowest BCUT2D eigenvalue weighted by atomic mass is 10.2. The number of carbonyl (C=O) groups excluding carboxylic acids is 1. The number of anilines is 1. The summed E-state index contributed by atoms with van der Waals surface area (Å²) in [5.74, 6) is -0.0157. The van der Waals surface area contributed by atoms with E-state index in [1.165, 1.54) is 0 Å². The van der Waals surface area contributed by atoms with Gasteiger partial charge in [-0.15, -0.1) is 5.10 Å². The molecule has 2 aromatic rings. The van der Waals surface area contributed by atoms with Gasteiger partial charge in [-0.1, -0.05) is 17.3 Å². The van der Waals surface area contributed by atoms with Crippen molar-refractivity contribution in [2.45, 2.75) is 32.9 Å². The van der Waals surface area contributed by atoms with Crippen LogP contribution in [-0.2, 0) is 17.9 Å². The maximum Gasteiger partial charge on any atom is 0.224 e. The van der Waals surface area contributed by atoms with E-state index in [9.17, 15) is 4.79 Å². The van der Waals surface area contributed by atoms with E-state index in [2.05, 4.69) is 15.6 Å². The molecule has 0 radical (unpaired) electrons. The van der Waals surface area contributed by atoms with Crippen molar-refractivity contribution in [1.82, 2.24) is 15.0 Å². The van der Waals surface area contributed by atoms with Gasteiger partial charge in [0, 0.05) is 18.7 Å². The molecule has 0 atom stereocenters. The quantitative estimate of drug-likeness (QED) is 0.836. The van der Waals surface area contributed by atoms with Gasteiger partial charge in [0.15, 0.2) is 0 Å². The summed E-state index contributed by atoms with van der Waals surface area (Å²) in [6.07, 6.45) is 2.77. The number of hydrogen-bond acceptors (Lipinski definition) is 4. The first-order valence-electron chi connectivity index (χ1n) is 6.54. The molecule has 0 saturated carbocycles. The third-order valence-electron chi connectivity index (χ3n) is 2.84. The fourth-order valence-electron chi connectivity index (χ4n) is 1.87. The minimum absolute atomic E-state index is 0.0157. The molecule has 0 spiro atoms. The number of hydrogen-bond donors (Lipinski definition) is 2. The topological polar surface area (TPSA) is 80.0 Å². The van der Waals surface area contributed by atoms with Gasteiger partial charge < -0.3 is 10.4 Å². The van der Waals surface area contributed by atoms with E-state index in [-0.39, 0.29) is 12.5 Å². The monoisotopic (exact) mass is 274 g/mol. The number of aromatic nitrogens is 3. The van der Waals surface area contributed by atoms with Gasteiger partial charge in [0.1, 0.15) is 5.69 Å². The Morgan fingerprint density at radius 1 is 1.45 bits per heavy atom. The predicted molar refractivity (Wildman–Crippen MR) is 75.0 cm³/mol. The molecule has 1 aromatic heterocycles. The number of nitrogens with zero attached hydrogens (tertiary/aromatic N) is 3. The minimum Gasteiger partial charge on any atom is -0.390 e. The second kappa shape index (κ2) is 6.81. The standard InChI is InChI=1S/C14H18N4O2/c1-11-4-2-5-12(8-11)15-14(20)6-3-7-18-9-13(10-19)16-17-18/h2,4-5,8-9,19H,3,6-7,10H2,1H3,(H,15,20). The highest BCUT2D eigenvalue weighted by Gasteiger charge is 2.04. The normalized spacial score (nSPS) is 10.5. The molecule has 0 aliphatic rings. The van der Waals surface area contributed by atoms with Crippen LogP contribution < -0.4 is 5.32 Å². The van der Waals surface area contributed by atoms with Crippen LogP contribution in [0.3, 0.4) is 0 Å². The Morgan fingerprint density at radius 2 is 2.30 bits per heavy atom. The first kappa shape index (κ1) is 14.2. The molecule has 106 valence electrons. The summed E-state index contributed by atoms with van der Waals surface area (Å²) in [7, 11) is 0. The predicted octanol–water partition coefficient (Wildman–Crippen LogP) is 1.50. The average molecular weight is 274 g/mol. The molecule has 0 aliphatic heterocycles. The van der Waals surface area contributed by atoms with Crippen LogP contribution in [0.5, 0.6) is 0 Å². The highest BCUT2D eigenvalue weighted by atomic mass is 16.3. The molecule has 1 amide bonds. The summed E-state index contributed by atoms with van der Waals surface area (Å²) in [6.45, 7) is 2.47. The number of aryl methyl sites for hydroxylation is 2. The molecule has 2 rings (SSSR count). The zero-order chi connectivity index (χ0) is 14.4. The lowest BCUT2D eigenvalue weighted by Gasteiger charge is -2.05. The molecule has 0 unspecified atom stereocenters. The Bertz CT molecular complexity index is 580. The third kappa shape index (κ3) is 4.17. The summed E-state index contributed by atoms with van der Waals surface area (Å²) < 4.78 is 1.63. The Morgan fingerprint density at radius 3 is 3.00 bits per heavy atom. The molecule has 6 heteroatoms. The average Bonchev–Trinajstić information content (AvgIpc) is 2.86. The fraction of sp³-hybridized carbons (Fsp3) is 0.357. The van der Waals surface area contributed by atoms with E-state index >= 15 is 0 Å². The van der Waals surface area contributed by atoms with Crippen molar-refractivity contribution < 1.29 is 9.90 Å². The molecule has 2 N–H and O–H groups in total. The van der Waals surface area contributed by atoms with Crippen LogP contribution in [0, 0.1) is 6.92 Å². The molecule has 0 bridgehead atoms. The zero-order valence-electron chi connectivity index (χ0n) is 11.4. The Balaban J connectivity index is 1.75. The van der Waals surface area contributed by atoms with Crippen molar-refractivity contribution in [1.29, 1.82) is 0 Å². The number of benzene rings is 1. The van der Waals surface area contributed by atoms with Gasteiger partial charge in [0.25, 0.3) is 0 Å². The highest BCUT2D eigenvalue weighted by Crippen LogP contribution is 2.10. The van der Waals surface area contributed by atoms with Crippen molar-refractivity contribution in [2.75, 3.05) is 5.32 Å². The molecule has 20 heavy (non-hydrogen) atoms. The number of nitrogens with one attached hydrogen (secondary N) is 1. The van der Waals surface area contributed by atoms with E-state index in [0.29, 0.717) is 25.1 Å². The second-order valence-corrected chi connectivity index (χ2v) is 4.65. The number of amides is 1. The van der Waals surface area contributed by atoms with Crippen LogP contribution in [0.1, 0.15) is 24.1 Å². The lowest BCUT2D eigenvalue weighted by Crippen LogP contribution is -2.12. The van der Waals surface area contributed by atoms with Crippen LogP contribution in [0.2, 0.25) is 0 Å². The van der Waals surface area contributed by atoms with Gasteiger partial charge >= 0.3 is 0 Å². The number of aliphatic hydroxyl groups excluding tert-OH is 1. The van der Waals surface area contributed by atoms with Crippen LogP contribution in [0.25, 0.3) is 0 Å². The Hall–Kier alpha value is -2.21. The maximum atomic E-state index is 11.8. The van der Waals surface area contributed by atoms with E-state index in [4.69, 9.17) is 5.11 Å². The molecular formula is C14H18N4O2. The molecule has 6 nitrogen and oxygen atoms in total. The van der Waals surface area contributed by atoms with Gasteiger partial charge in [-0.25, -0.2) is 0 Å². The fourth-order valence-corrected chi connectivity index (χ4v) is 1.87. The van der Waals surface area contributed by atoms with E-state index in [1.54, 1.807) is 10.9 Å². The molecular weight excluding hydrogens is 256 g/mol. The summed E-state index contributed by atoms with van der Waals surface area (Å²) in [4.78, 5) is 11.8. The second-order valence-electron chi connectivity index (χ2n) is 4.65. The van der Waals surface area contributed by atoms with Gasteiger partial charge in [-0.05, 0) is 31.0 Å². The van der Waals surface area contributed by atoms with Crippen LogP contribution in [0.15, 0.2) is 30.5 Å². The summed E-state index contributed by atoms with van der Waals surface area (Å²) >= 11 is 0. The summed E-state index contributed by atoms with van der Waals surface area (Å²) in [5, 5.41) is 19.4. The van der Waals surface area contributed by atoms with Crippen molar-refractivity contribution in [3.63, 3.8) is 0 Å².